The van der Waals surface area contributed by atoms with Gasteiger partial charge in [-0.15, -0.1) is 5.10 Å². The third-order valence-electron chi connectivity index (χ3n) is 2.61. The summed E-state index contributed by atoms with van der Waals surface area (Å²) in [5, 5.41) is 4.90. The molecule has 6 heteroatoms. The number of carbonyl (C=O) groups excluding carboxylic acids is 1. The Hall–Kier alpha value is -2.27. The van der Waals surface area contributed by atoms with Gasteiger partial charge >= 0.3 is 5.97 Å². The smallest absolute Gasteiger partial charge is 0.336 e. The number of carbonyl (C=O) groups is 1. The van der Waals surface area contributed by atoms with Gasteiger partial charge in [0.25, 0.3) is 0 Å². The quantitative estimate of drug-likeness (QED) is 0.483. The molecule has 2 rings (SSSR count). The van der Waals surface area contributed by atoms with Crippen LogP contribution in [0.1, 0.15) is 13.8 Å². The van der Waals surface area contributed by atoms with Crippen LogP contribution in [0, 0.1) is 0 Å². The molecular weight excluding hydrogens is 292 g/mol. The maximum Gasteiger partial charge on any atom is 0.336 e. The monoisotopic (exact) mass is 306 g/mol. The Bertz CT molecular complexity index is 647. The van der Waals surface area contributed by atoms with Crippen molar-refractivity contribution in [2.45, 2.75) is 13.8 Å². The van der Waals surface area contributed by atoms with Gasteiger partial charge in [-0.05, 0) is 38.1 Å². The van der Waals surface area contributed by atoms with Gasteiger partial charge in [0, 0.05) is 17.3 Å². The van der Waals surface area contributed by atoms with Crippen LogP contribution in [-0.2, 0) is 9.53 Å². The Morgan fingerprint density at radius 1 is 1.33 bits per heavy atom. The van der Waals surface area contributed by atoms with Crippen molar-refractivity contribution in [2.24, 2.45) is 0 Å². The molecule has 0 aliphatic heterocycles. The van der Waals surface area contributed by atoms with Crippen LogP contribution < -0.4 is 4.74 Å². The van der Waals surface area contributed by atoms with Crippen LogP contribution >= 0.6 is 11.6 Å². The van der Waals surface area contributed by atoms with Gasteiger partial charge in [-0.3, -0.25) is 0 Å². The third-order valence-corrected chi connectivity index (χ3v) is 2.86. The van der Waals surface area contributed by atoms with Crippen molar-refractivity contribution in [3.8, 4) is 11.6 Å². The molecule has 0 atom stereocenters. The second kappa shape index (κ2) is 6.95. The van der Waals surface area contributed by atoms with E-state index < -0.39 is 5.97 Å². The lowest BCUT2D eigenvalue weighted by Gasteiger charge is -2.02. The molecule has 2 aromatic rings. The fourth-order valence-electron chi connectivity index (χ4n) is 1.55. The molecule has 0 aliphatic carbocycles. The zero-order chi connectivity index (χ0) is 15.2. The summed E-state index contributed by atoms with van der Waals surface area (Å²) in [7, 11) is 0. The van der Waals surface area contributed by atoms with Crippen molar-refractivity contribution >= 4 is 17.6 Å². The van der Waals surface area contributed by atoms with E-state index in [2.05, 4.69) is 5.10 Å². The number of ether oxygens (including phenoxy) is 2. The van der Waals surface area contributed by atoms with E-state index in [0.29, 0.717) is 23.1 Å². The molecule has 1 aromatic carbocycles. The van der Waals surface area contributed by atoms with E-state index in [0.717, 1.165) is 5.69 Å². The van der Waals surface area contributed by atoms with Gasteiger partial charge in [-0.25, -0.2) is 9.48 Å². The number of esters is 1. The van der Waals surface area contributed by atoms with Crippen molar-refractivity contribution in [2.75, 3.05) is 6.61 Å². The summed E-state index contributed by atoms with van der Waals surface area (Å²) in [6.07, 6.45) is 3.08. The minimum absolute atomic E-state index is 0.329. The van der Waals surface area contributed by atoms with Gasteiger partial charge < -0.3 is 9.47 Å². The van der Waals surface area contributed by atoms with Gasteiger partial charge in [0.2, 0.25) is 5.88 Å². The normalized spacial score (nSPS) is 11.3. The van der Waals surface area contributed by atoms with Crippen LogP contribution in [0.5, 0.6) is 5.88 Å². The SMILES string of the molecule is CCOC(=O)C(C)=COc1ccn(-c2ccc(Cl)cc2)n1. The van der Waals surface area contributed by atoms with E-state index in [-0.39, 0.29) is 0 Å². The zero-order valence-corrected chi connectivity index (χ0v) is 12.5. The summed E-state index contributed by atoms with van der Waals surface area (Å²) in [4.78, 5) is 11.4. The molecule has 0 saturated carbocycles. The van der Waals surface area contributed by atoms with Crippen LogP contribution in [0.25, 0.3) is 5.69 Å². The second-order valence-corrected chi connectivity index (χ2v) is 4.65. The summed E-state index contributed by atoms with van der Waals surface area (Å²) in [5.74, 6) is -0.0248. The number of hydrogen-bond donors (Lipinski definition) is 0. The van der Waals surface area contributed by atoms with E-state index in [1.807, 2.05) is 12.1 Å². The molecular formula is C15H15ClN2O3. The Morgan fingerprint density at radius 3 is 2.71 bits per heavy atom. The van der Waals surface area contributed by atoms with Crippen LogP contribution in [-0.4, -0.2) is 22.4 Å². The van der Waals surface area contributed by atoms with Crippen molar-refractivity contribution in [3.05, 3.63) is 53.4 Å². The van der Waals surface area contributed by atoms with Gasteiger partial charge in [0.05, 0.1) is 17.9 Å². The first-order chi connectivity index (χ1) is 10.1. The molecule has 0 radical (unpaired) electrons. The minimum atomic E-state index is -0.408. The van der Waals surface area contributed by atoms with Gasteiger partial charge in [0.15, 0.2) is 0 Å². The third kappa shape index (κ3) is 4.10. The lowest BCUT2D eigenvalue weighted by molar-refractivity contribution is -0.138. The number of rotatable bonds is 5. The van der Waals surface area contributed by atoms with E-state index in [1.165, 1.54) is 6.26 Å². The summed E-state index contributed by atoms with van der Waals surface area (Å²) in [6, 6.07) is 8.95. The summed E-state index contributed by atoms with van der Waals surface area (Å²) in [5.41, 5.74) is 1.23. The summed E-state index contributed by atoms with van der Waals surface area (Å²) < 4.78 is 11.8. The van der Waals surface area contributed by atoms with Crippen molar-refractivity contribution in [3.63, 3.8) is 0 Å². The van der Waals surface area contributed by atoms with Gasteiger partial charge in [-0.2, -0.15) is 0 Å². The fraction of sp³-hybridized carbons (Fsp3) is 0.200. The van der Waals surface area contributed by atoms with Crippen molar-refractivity contribution in [1.82, 2.24) is 9.78 Å². The van der Waals surface area contributed by atoms with E-state index in [4.69, 9.17) is 21.1 Å². The topological polar surface area (TPSA) is 53.4 Å². The number of aromatic nitrogens is 2. The zero-order valence-electron chi connectivity index (χ0n) is 11.7. The van der Waals surface area contributed by atoms with Crippen molar-refractivity contribution in [1.29, 1.82) is 0 Å². The standard InChI is InChI=1S/C15H15ClN2O3/c1-3-20-15(19)11(2)10-21-14-8-9-18(17-14)13-6-4-12(16)5-7-13/h4-10H,3H2,1-2H3. The van der Waals surface area contributed by atoms with E-state index in [1.54, 1.807) is 42.9 Å². The highest BCUT2D eigenvalue weighted by molar-refractivity contribution is 6.30. The Balaban J connectivity index is 2.05. The molecule has 0 unspecified atom stereocenters. The highest BCUT2D eigenvalue weighted by Crippen LogP contribution is 2.15. The average molecular weight is 307 g/mol. The largest absolute Gasteiger partial charge is 0.463 e. The number of hydrogen-bond acceptors (Lipinski definition) is 4. The van der Waals surface area contributed by atoms with Crippen molar-refractivity contribution < 1.29 is 14.3 Å². The summed E-state index contributed by atoms with van der Waals surface area (Å²) in [6.45, 7) is 3.70. The fourth-order valence-corrected chi connectivity index (χ4v) is 1.68. The molecule has 110 valence electrons. The highest BCUT2D eigenvalue weighted by atomic mass is 35.5. The number of benzene rings is 1. The molecule has 5 nitrogen and oxygen atoms in total. The first-order valence-corrected chi connectivity index (χ1v) is 6.80. The molecule has 0 aliphatic rings. The van der Waals surface area contributed by atoms with Crippen LogP contribution in [0.15, 0.2) is 48.4 Å². The second-order valence-electron chi connectivity index (χ2n) is 4.21. The number of halogens is 1. The molecule has 1 aromatic heterocycles. The highest BCUT2D eigenvalue weighted by Gasteiger charge is 2.06. The van der Waals surface area contributed by atoms with Gasteiger partial charge in [-0.1, -0.05) is 11.6 Å². The Kier molecular flexibility index (Phi) is 5.00. The molecule has 0 fully saturated rings. The average Bonchev–Trinajstić information content (AvgIpc) is 2.94. The lowest BCUT2D eigenvalue weighted by Crippen LogP contribution is -2.06. The van der Waals surface area contributed by atoms with E-state index >= 15 is 0 Å². The maximum absolute atomic E-state index is 11.4. The Morgan fingerprint density at radius 2 is 2.05 bits per heavy atom. The first kappa shape index (κ1) is 15.1. The number of nitrogens with zero attached hydrogens (tertiary/aromatic N) is 2. The predicted octanol–water partition coefficient (Wildman–Crippen LogP) is 3.37. The first-order valence-electron chi connectivity index (χ1n) is 6.42. The minimum Gasteiger partial charge on any atom is -0.463 e. The molecule has 21 heavy (non-hydrogen) atoms. The molecule has 0 spiro atoms. The maximum atomic E-state index is 11.4. The molecule has 0 bridgehead atoms. The van der Waals surface area contributed by atoms with Crippen LogP contribution in [0.2, 0.25) is 5.02 Å². The molecule has 0 saturated heterocycles. The summed E-state index contributed by atoms with van der Waals surface area (Å²) >= 11 is 5.84. The molecule has 0 N–H and O–H groups in total. The van der Waals surface area contributed by atoms with E-state index in [9.17, 15) is 4.79 Å². The predicted molar refractivity (Wildman–Crippen MR) is 79.6 cm³/mol. The molecule has 1 heterocycles. The van der Waals surface area contributed by atoms with Crippen LogP contribution in [0.4, 0.5) is 0 Å². The Labute approximate surface area is 127 Å². The molecule has 0 amide bonds. The lowest BCUT2D eigenvalue weighted by atomic mass is 10.3. The van der Waals surface area contributed by atoms with Crippen LogP contribution in [0.3, 0.4) is 0 Å². The van der Waals surface area contributed by atoms with Gasteiger partial charge in [0.1, 0.15) is 6.26 Å².